The molecular formula is C18H23BrN2O3S. The summed E-state index contributed by atoms with van der Waals surface area (Å²) in [4.78, 5) is -0.0278. The number of phenolic OH excluding ortho intramolecular Hbond substituents is 1. The number of nitrogens with one attached hydrogen (secondary N) is 1. The van der Waals surface area contributed by atoms with Crippen LogP contribution in [0.5, 0.6) is 5.75 Å². The van der Waals surface area contributed by atoms with Crippen molar-refractivity contribution in [1.29, 1.82) is 0 Å². The molecule has 0 radical (unpaired) electrons. The van der Waals surface area contributed by atoms with E-state index >= 15 is 0 Å². The molecule has 0 bridgehead atoms. The van der Waals surface area contributed by atoms with Gasteiger partial charge in [-0.2, -0.15) is 0 Å². The third kappa shape index (κ3) is 3.89. The number of sulfonamides is 1. The molecule has 0 aromatic heterocycles. The Morgan fingerprint density at radius 2 is 1.84 bits per heavy atom. The van der Waals surface area contributed by atoms with Crippen molar-refractivity contribution in [3.05, 3.63) is 59.2 Å². The maximum atomic E-state index is 12.4. The van der Waals surface area contributed by atoms with E-state index in [4.69, 9.17) is 0 Å². The van der Waals surface area contributed by atoms with Gasteiger partial charge in [0.2, 0.25) is 10.0 Å². The van der Waals surface area contributed by atoms with Gasteiger partial charge in [-0.15, -0.1) is 17.0 Å². The van der Waals surface area contributed by atoms with Gasteiger partial charge in [-0.1, -0.05) is 30.3 Å². The van der Waals surface area contributed by atoms with Gasteiger partial charge in [-0.25, -0.2) is 12.7 Å². The molecule has 2 aromatic carbocycles. The van der Waals surface area contributed by atoms with Gasteiger partial charge in [0.1, 0.15) is 10.6 Å². The van der Waals surface area contributed by atoms with Crippen LogP contribution in [0.2, 0.25) is 0 Å². The Morgan fingerprint density at radius 3 is 2.48 bits per heavy atom. The smallest absolute Gasteiger partial charge is 0.246 e. The molecule has 1 aliphatic rings. The molecule has 1 heterocycles. The third-order valence-corrected chi connectivity index (χ3v) is 6.32. The van der Waals surface area contributed by atoms with Gasteiger partial charge in [-0.3, -0.25) is 0 Å². The van der Waals surface area contributed by atoms with Crippen molar-refractivity contribution in [2.75, 3.05) is 27.2 Å². The van der Waals surface area contributed by atoms with E-state index in [1.807, 2.05) is 18.2 Å². The number of hydrogen-bond donors (Lipinski definition) is 2. The van der Waals surface area contributed by atoms with E-state index in [1.165, 1.54) is 14.1 Å². The molecule has 0 spiro atoms. The molecule has 0 aliphatic carbocycles. The second-order valence-corrected chi connectivity index (χ2v) is 8.34. The monoisotopic (exact) mass is 426 g/mol. The predicted molar refractivity (Wildman–Crippen MR) is 104 cm³/mol. The van der Waals surface area contributed by atoms with Crippen LogP contribution in [-0.4, -0.2) is 45.0 Å². The van der Waals surface area contributed by atoms with Crippen molar-refractivity contribution in [2.24, 2.45) is 0 Å². The molecular weight excluding hydrogens is 404 g/mol. The minimum Gasteiger partial charge on any atom is -0.507 e. The summed E-state index contributed by atoms with van der Waals surface area (Å²) in [5, 5.41) is 13.8. The highest BCUT2D eigenvalue weighted by atomic mass is 79.9. The SMILES string of the molecule is Br.CN(C)S(=O)(=O)c1cc2c(cc1O)C(c1ccccc1)CNCC2. The standard InChI is InChI=1S/C18H22N2O3S.BrH/c1-20(2)24(22,23)18-10-14-8-9-19-12-16(15(14)11-17(18)21)13-6-4-3-5-7-13;/h3-7,10-11,16,19,21H,8-9,12H2,1-2H3;1H. The lowest BCUT2D eigenvalue weighted by Gasteiger charge is -2.20. The maximum absolute atomic E-state index is 12.4. The summed E-state index contributed by atoms with van der Waals surface area (Å²) in [7, 11) is -0.738. The molecule has 2 aromatic rings. The Balaban J connectivity index is 0.00000225. The van der Waals surface area contributed by atoms with Crippen molar-refractivity contribution in [1.82, 2.24) is 9.62 Å². The number of fused-ring (bicyclic) bond motifs is 1. The van der Waals surface area contributed by atoms with E-state index < -0.39 is 10.0 Å². The van der Waals surface area contributed by atoms with Gasteiger partial charge in [0.15, 0.2) is 0 Å². The Morgan fingerprint density at radius 1 is 1.16 bits per heavy atom. The molecule has 25 heavy (non-hydrogen) atoms. The van der Waals surface area contributed by atoms with Crippen LogP contribution < -0.4 is 5.32 Å². The van der Waals surface area contributed by atoms with Crippen LogP contribution in [0.25, 0.3) is 0 Å². The van der Waals surface area contributed by atoms with Crippen molar-refractivity contribution < 1.29 is 13.5 Å². The fourth-order valence-corrected chi connectivity index (χ4v) is 4.14. The van der Waals surface area contributed by atoms with Crippen molar-refractivity contribution in [3.63, 3.8) is 0 Å². The normalized spacial score (nSPS) is 17.5. The number of hydrogen-bond acceptors (Lipinski definition) is 4. The highest BCUT2D eigenvalue weighted by Crippen LogP contribution is 2.35. The zero-order valence-electron chi connectivity index (χ0n) is 14.3. The molecule has 0 saturated carbocycles. The van der Waals surface area contributed by atoms with Crippen molar-refractivity contribution >= 4 is 27.0 Å². The minimum atomic E-state index is -3.67. The van der Waals surface area contributed by atoms with E-state index in [0.29, 0.717) is 0 Å². The first-order valence-electron chi connectivity index (χ1n) is 7.95. The second kappa shape index (κ2) is 7.86. The number of nitrogens with zero attached hydrogens (tertiary/aromatic N) is 1. The van der Waals surface area contributed by atoms with Crippen LogP contribution in [0.4, 0.5) is 0 Å². The average molecular weight is 427 g/mol. The molecule has 1 unspecified atom stereocenters. The topological polar surface area (TPSA) is 69.6 Å². The maximum Gasteiger partial charge on any atom is 0.246 e. The van der Waals surface area contributed by atoms with E-state index in [-0.39, 0.29) is 33.5 Å². The Hall–Kier alpha value is -1.41. The predicted octanol–water partition coefficient (Wildman–Crippen LogP) is 2.50. The summed E-state index contributed by atoms with van der Waals surface area (Å²) in [5.41, 5.74) is 3.10. The molecule has 0 saturated heterocycles. The van der Waals surface area contributed by atoms with Crippen LogP contribution in [-0.2, 0) is 16.4 Å². The third-order valence-electron chi connectivity index (χ3n) is 4.48. The molecule has 0 amide bonds. The van der Waals surface area contributed by atoms with E-state index in [1.54, 1.807) is 12.1 Å². The summed E-state index contributed by atoms with van der Waals surface area (Å²) < 4.78 is 26.0. The van der Waals surface area contributed by atoms with Gasteiger partial charge in [0.25, 0.3) is 0 Å². The van der Waals surface area contributed by atoms with Gasteiger partial charge in [-0.05, 0) is 41.8 Å². The van der Waals surface area contributed by atoms with Crippen molar-refractivity contribution in [3.8, 4) is 5.75 Å². The molecule has 0 fully saturated rings. The molecule has 3 rings (SSSR count). The van der Waals surface area contributed by atoms with Crippen LogP contribution in [0.3, 0.4) is 0 Å². The first-order valence-corrected chi connectivity index (χ1v) is 9.39. The Kier molecular flexibility index (Phi) is 6.26. The van der Waals surface area contributed by atoms with Gasteiger partial charge < -0.3 is 10.4 Å². The van der Waals surface area contributed by atoms with Crippen LogP contribution in [0.15, 0.2) is 47.4 Å². The Labute approximate surface area is 159 Å². The lowest BCUT2D eigenvalue weighted by molar-refractivity contribution is 0.451. The van der Waals surface area contributed by atoms with Gasteiger partial charge in [0, 0.05) is 26.6 Å². The summed E-state index contributed by atoms with van der Waals surface area (Å²) in [6.45, 7) is 1.54. The molecule has 1 atom stereocenters. The first kappa shape index (κ1) is 19.9. The second-order valence-electron chi connectivity index (χ2n) is 6.22. The summed E-state index contributed by atoms with van der Waals surface area (Å²) in [6.07, 6.45) is 0.731. The Bertz CT molecular complexity index is 839. The van der Waals surface area contributed by atoms with Crippen LogP contribution in [0, 0.1) is 0 Å². The molecule has 1 aliphatic heterocycles. The molecule has 5 nitrogen and oxygen atoms in total. The first-order chi connectivity index (χ1) is 11.4. The zero-order valence-corrected chi connectivity index (χ0v) is 16.8. The van der Waals surface area contributed by atoms with E-state index in [9.17, 15) is 13.5 Å². The lowest BCUT2D eigenvalue weighted by Crippen LogP contribution is -2.22. The van der Waals surface area contributed by atoms with E-state index in [0.717, 1.165) is 40.5 Å². The fourth-order valence-electron chi connectivity index (χ4n) is 3.13. The summed E-state index contributed by atoms with van der Waals surface area (Å²) in [6, 6.07) is 13.3. The zero-order chi connectivity index (χ0) is 17.3. The summed E-state index contributed by atoms with van der Waals surface area (Å²) >= 11 is 0. The number of benzene rings is 2. The number of phenols is 1. The largest absolute Gasteiger partial charge is 0.507 e. The summed E-state index contributed by atoms with van der Waals surface area (Å²) in [5.74, 6) is -0.101. The molecule has 136 valence electrons. The minimum absolute atomic E-state index is 0. The van der Waals surface area contributed by atoms with Gasteiger partial charge in [0.05, 0.1) is 0 Å². The number of aromatic hydroxyl groups is 1. The molecule has 7 heteroatoms. The van der Waals surface area contributed by atoms with Crippen LogP contribution in [0.1, 0.15) is 22.6 Å². The molecule has 2 N–H and O–H groups in total. The number of halogens is 1. The lowest BCUT2D eigenvalue weighted by atomic mass is 9.88. The average Bonchev–Trinajstić information content (AvgIpc) is 2.76. The highest BCUT2D eigenvalue weighted by Gasteiger charge is 2.27. The van der Waals surface area contributed by atoms with Crippen molar-refractivity contribution in [2.45, 2.75) is 17.2 Å². The highest BCUT2D eigenvalue weighted by molar-refractivity contribution is 8.93. The number of rotatable bonds is 3. The van der Waals surface area contributed by atoms with Crippen LogP contribution >= 0.6 is 17.0 Å². The quantitative estimate of drug-likeness (QED) is 0.790. The van der Waals surface area contributed by atoms with Gasteiger partial charge >= 0.3 is 0 Å². The van der Waals surface area contributed by atoms with E-state index in [2.05, 4.69) is 17.4 Å². The fraction of sp³-hybridized carbons (Fsp3) is 0.333.